The number of hydrogen-bond acceptors (Lipinski definition) is 3. The maximum Gasteiger partial charge on any atom is 0.224 e. The molecular weight excluding hydrogens is 316 g/mol. The maximum absolute atomic E-state index is 12.3. The first-order valence-corrected chi connectivity index (χ1v) is 8.15. The fraction of sp³-hybridized carbons (Fsp3) is 0.200. The summed E-state index contributed by atoms with van der Waals surface area (Å²) in [5, 5.41) is 6.67. The summed E-state index contributed by atoms with van der Waals surface area (Å²) in [5.41, 5.74) is 2.41. The average molecular weight is 336 g/mol. The summed E-state index contributed by atoms with van der Waals surface area (Å²) < 4.78 is 5.78. The van der Waals surface area contributed by atoms with Crippen LogP contribution in [0.5, 0.6) is 0 Å². The zero-order valence-electron chi connectivity index (χ0n) is 14.2. The number of nitrogens with one attached hydrogen (secondary N) is 2. The van der Waals surface area contributed by atoms with Crippen molar-refractivity contribution in [1.29, 1.82) is 0 Å². The molecule has 0 aliphatic carbocycles. The number of carbonyl (C=O) groups excluding carboxylic acids is 2. The van der Waals surface area contributed by atoms with Gasteiger partial charge in [0.25, 0.3) is 0 Å². The van der Waals surface area contributed by atoms with Crippen LogP contribution in [0.25, 0.3) is 11.0 Å². The Kier molecular flexibility index (Phi) is 4.84. The summed E-state index contributed by atoms with van der Waals surface area (Å²) in [6.45, 7) is 3.36. The molecule has 0 aliphatic rings. The number of benzene rings is 2. The lowest BCUT2D eigenvalue weighted by Gasteiger charge is -2.11. The summed E-state index contributed by atoms with van der Waals surface area (Å²) in [4.78, 5) is 23.3. The van der Waals surface area contributed by atoms with E-state index in [4.69, 9.17) is 4.42 Å². The van der Waals surface area contributed by atoms with Gasteiger partial charge >= 0.3 is 0 Å². The number of anilines is 1. The molecule has 0 saturated carbocycles. The first-order chi connectivity index (χ1) is 12.0. The second-order valence-corrected chi connectivity index (χ2v) is 6.03. The monoisotopic (exact) mass is 336 g/mol. The van der Waals surface area contributed by atoms with Crippen LogP contribution in [0.4, 0.5) is 5.69 Å². The standard InChI is InChI=1S/C20H20N2O3/c1-13(19-12-16-5-3-4-6-18(16)25-19)21-20(24)11-15-7-9-17(10-8-15)22-14(2)23/h3-10,12-13H,11H2,1-2H3,(H,21,24)(H,22,23)/t13-/m1/s1. The summed E-state index contributed by atoms with van der Waals surface area (Å²) in [6, 6.07) is 16.7. The van der Waals surface area contributed by atoms with Gasteiger partial charge in [-0.2, -0.15) is 0 Å². The van der Waals surface area contributed by atoms with Gasteiger partial charge in [-0.05, 0) is 36.8 Å². The normalized spacial score (nSPS) is 11.9. The molecule has 0 unspecified atom stereocenters. The van der Waals surface area contributed by atoms with Gasteiger partial charge in [-0.15, -0.1) is 0 Å². The van der Waals surface area contributed by atoms with Crippen molar-refractivity contribution in [2.45, 2.75) is 26.3 Å². The van der Waals surface area contributed by atoms with E-state index in [-0.39, 0.29) is 24.3 Å². The van der Waals surface area contributed by atoms with E-state index >= 15 is 0 Å². The molecule has 2 aromatic carbocycles. The minimum Gasteiger partial charge on any atom is -0.459 e. The highest BCUT2D eigenvalue weighted by Gasteiger charge is 2.14. The molecule has 3 aromatic rings. The van der Waals surface area contributed by atoms with Crippen LogP contribution in [0.1, 0.15) is 31.2 Å². The molecule has 1 aromatic heterocycles. The van der Waals surface area contributed by atoms with Crippen molar-refractivity contribution in [2.24, 2.45) is 0 Å². The van der Waals surface area contributed by atoms with E-state index in [1.807, 2.05) is 49.4 Å². The van der Waals surface area contributed by atoms with Crippen LogP contribution in [-0.4, -0.2) is 11.8 Å². The molecule has 5 heteroatoms. The molecular formula is C20H20N2O3. The van der Waals surface area contributed by atoms with Crippen molar-refractivity contribution in [3.63, 3.8) is 0 Å². The van der Waals surface area contributed by atoms with Crippen molar-refractivity contribution >= 4 is 28.5 Å². The van der Waals surface area contributed by atoms with Crippen LogP contribution >= 0.6 is 0 Å². The van der Waals surface area contributed by atoms with Crippen LogP contribution < -0.4 is 10.6 Å². The highest BCUT2D eigenvalue weighted by atomic mass is 16.3. The van der Waals surface area contributed by atoms with Gasteiger partial charge in [0, 0.05) is 18.0 Å². The maximum atomic E-state index is 12.3. The van der Waals surface area contributed by atoms with E-state index in [2.05, 4.69) is 10.6 Å². The van der Waals surface area contributed by atoms with Crippen molar-refractivity contribution in [3.8, 4) is 0 Å². The van der Waals surface area contributed by atoms with E-state index in [1.165, 1.54) is 6.92 Å². The summed E-state index contributed by atoms with van der Waals surface area (Å²) in [5.74, 6) is 0.529. The average Bonchev–Trinajstić information content (AvgIpc) is 3.00. The first-order valence-electron chi connectivity index (χ1n) is 8.15. The number of para-hydroxylation sites is 1. The van der Waals surface area contributed by atoms with Gasteiger partial charge in [0.2, 0.25) is 11.8 Å². The van der Waals surface area contributed by atoms with Crippen LogP contribution in [0.15, 0.2) is 59.0 Å². The van der Waals surface area contributed by atoms with Gasteiger partial charge in [-0.3, -0.25) is 9.59 Å². The van der Waals surface area contributed by atoms with Crippen LogP contribution in [0.3, 0.4) is 0 Å². The van der Waals surface area contributed by atoms with Gasteiger partial charge in [-0.1, -0.05) is 30.3 Å². The molecule has 1 atom stereocenters. The Balaban J connectivity index is 1.60. The van der Waals surface area contributed by atoms with Gasteiger partial charge in [-0.25, -0.2) is 0 Å². The Hall–Kier alpha value is -3.08. The smallest absolute Gasteiger partial charge is 0.224 e. The van der Waals surface area contributed by atoms with Crippen molar-refractivity contribution in [1.82, 2.24) is 5.32 Å². The third-order valence-corrected chi connectivity index (χ3v) is 3.89. The van der Waals surface area contributed by atoms with Crippen molar-refractivity contribution in [3.05, 3.63) is 65.9 Å². The topological polar surface area (TPSA) is 71.3 Å². The Labute approximate surface area is 146 Å². The Morgan fingerprint density at radius 2 is 1.80 bits per heavy atom. The minimum atomic E-state index is -0.210. The molecule has 0 aliphatic heterocycles. The number of fused-ring (bicyclic) bond motifs is 1. The second-order valence-electron chi connectivity index (χ2n) is 6.03. The molecule has 5 nitrogen and oxygen atoms in total. The largest absolute Gasteiger partial charge is 0.459 e. The molecule has 0 bridgehead atoms. The van der Waals surface area contributed by atoms with E-state index in [0.29, 0.717) is 5.69 Å². The summed E-state index contributed by atoms with van der Waals surface area (Å²) in [6.07, 6.45) is 0.269. The molecule has 128 valence electrons. The van der Waals surface area contributed by atoms with Crippen LogP contribution in [0.2, 0.25) is 0 Å². The highest BCUT2D eigenvalue weighted by Crippen LogP contribution is 2.23. The summed E-state index contributed by atoms with van der Waals surface area (Å²) in [7, 11) is 0. The third kappa shape index (κ3) is 4.26. The molecule has 2 amide bonds. The zero-order chi connectivity index (χ0) is 17.8. The number of amides is 2. The van der Waals surface area contributed by atoms with Gasteiger partial charge < -0.3 is 15.1 Å². The van der Waals surface area contributed by atoms with E-state index in [0.717, 1.165) is 22.3 Å². The van der Waals surface area contributed by atoms with Crippen LogP contribution in [0, 0.1) is 0 Å². The third-order valence-electron chi connectivity index (χ3n) is 3.89. The molecule has 0 spiro atoms. The van der Waals surface area contributed by atoms with E-state index in [1.54, 1.807) is 12.1 Å². The molecule has 1 heterocycles. The Bertz CT molecular complexity index is 864. The number of hydrogen-bond donors (Lipinski definition) is 2. The SMILES string of the molecule is CC(=O)Nc1ccc(CC(=O)N[C@H](C)c2cc3ccccc3o2)cc1. The molecule has 3 rings (SSSR count). The minimum absolute atomic E-state index is 0.0831. The first kappa shape index (κ1) is 16.8. The van der Waals surface area contributed by atoms with Crippen molar-refractivity contribution < 1.29 is 14.0 Å². The lowest BCUT2D eigenvalue weighted by atomic mass is 10.1. The lowest BCUT2D eigenvalue weighted by molar-refractivity contribution is -0.121. The fourth-order valence-electron chi connectivity index (χ4n) is 2.67. The molecule has 0 fully saturated rings. The van der Waals surface area contributed by atoms with E-state index < -0.39 is 0 Å². The van der Waals surface area contributed by atoms with Crippen LogP contribution in [-0.2, 0) is 16.0 Å². The van der Waals surface area contributed by atoms with E-state index in [9.17, 15) is 9.59 Å². The predicted octanol–water partition coefficient (Wildman–Crippen LogP) is 3.81. The van der Waals surface area contributed by atoms with Gasteiger partial charge in [0.05, 0.1) is 12.5 Å². The Morgan fingerprint density at radius 3 is 2.48 bits per heavy atom. The zero-order valence-corrected chi connectivity index (χ0v) is 14.2. The lowest BCUT2D eigenvalue weighted by Crippen LogP contribution is -2.27. The molecule has 0 saturated heterocycles. The quantitative estimate of drug-likeness (QED) is 0.744. The highest BCUT2D eigenvalue weighted by molar-refractivity contribution is 5.88. The number of furan rings is 1. The molecule has 2 N–H and O–H groups in total. The second kappa shape index (κ2) is 7.21. The number of carbonyl (C=O) groups is 2. The Morgan fingerprint density at radius 1 is 1.08 bits per heavy atom. The fourth-order valence-corrected chi connectivity index (χ4v) is 2.67. The van der Waals surface area contributed by atoms with Gasteiger partial charge in [0.1, 0.15) is 11.3 Å². The number of rotatable bonds is 5. The molecule has 25 heavy (non-hydrogen) atoms. The molecule has 0 radical (unpaired) electrons. The van der Waals surface area contributed by atoms with Gasteiger partial charge in [0.15, 0.2) is 0 Å². The van der Waals surface area contributed by atoms with Crippen molar-refractivity contribution in [2.75, 3.05) is 5.32 Å². The predicted molar refractivity (Wildman–Crippen MR) is 97.2 cm³/mol. The summed E-state index contributed by atoms with van der Waals surface area (Å²) >= 11 is 0.